The van der Waals surface area contributed by atoms with Crippen LogP contribution in [0, 0.1) is 11.8 Å². The molecule has 0 saturated heterocycles. The average Bonchev–Trinajstić information content (AvgIpc) is 3.69. The van der Waals surface area contributed by atoms with Crippen molar-refractivity contribution in [2.24, 2.45) is 11.8 Å². The van der Waals surface area contributed by atoms with E-state index < -0.39 is 0 Å². The Bertz CT molecular complexity index is 1030. The van der Waals surface area contributed by atoms with E-state index in [1.165, 1.54) is 31.4 Å². The van der Waals surface area contributed by atoms with Gasteiger partial charge in [-0.2, -0.15) is 0 Å². The molecule has 1 saturated carbocycles. The number of nitrogens with zero attached hydrogens (tertiary/aromatic N) is 4. The Labute approximate surface area is 206 Å². The Kier molecular flexibility index (Phi) is 7.97. The number of methoxy groups -OCH3 is 1. The fourth-order valence-electron chi connectivity index (χ4n) is 4.42. The average molecular weight is 482 g/mol. The lowest BCUT2D eigenvalue weighted by atomic mass is 10.0. The van der Waals surface area contributed by atoms with Gasteiger partial charge in [-0.15, -0.1) is 0 Å². The van der Waals surface area contributed by atoms with Gasteiger partial charge in [-0.1, -0.05) is 6.92 Å². The summed E-state index contributed by atoms with van der Waals surface area (Å²) < 4.78 is 12.1. The zero-order chi connectivity index (χ0) is 24.9. The second-order valence-electron chi connectivity index (χ2n) is 9.75. The molecule has 4 rings (SSSR count). The number of hydrogen-bond donors (Lipinski definition) is 1. The minimum absolute atomic E-state index is 0.0767. The van der Waals surface area contributed by atoms with Crippen molar-refractivity contribution >= 4 is 17.5 Å². The summed E-state index contributed by atoms with van der Waals surface area (Å²) in [5.74, 6) is 0.922. The number of anilines is 1. The molecular weight excluding hydrogens is 446 g/mol. The molecular formula is C26H35N5O4. The van der Waals surface area contributed by atoms with Crippen LogP contribution in [0.2, 0.25) is 0 Å². The summed E-state index contributed by atoms with van der Waals surface area (Å²) in [4.78, 5) is 38.1. The summed E-state index contributed by atoms with van der Waals surface area (Å²) in [6.45, 7) is 7.18. The van der Waals surface area contributed by atoms with Gasteiger partial charge in [0.15, 0.2) is 0 Å². The molecule has 1 aromatic heterocycles. The van der Waals surface area contributed by atoms with Gasteiger partial charge < -0.3 is 19.7 Å². The Balaban J connectivity index is 1.60. The van der Waals surface area contributed by atoms with Crippen molar-refractivity contribution in [3.05, 3.63) is 48.0 Å². The van der Waals surface area contributed by atoms with Gasteiger partial charge in [0.1, 0.15) is 18.1 Å². The maximum absolute atomic E-state index is 13.3. The SMILES string of the molecule is CO[C@H]1CN(C)C(=O)c2ccc(NC(=O)c3cnccn3)cc2OC[C@H](C)N(CC2CC2)C[C@H]1C. The van der Waals surface area contributed by atoms with E-state index in [2.05, 4.69) is 34.0 Å². The first-order valence-corrected chi connectivity index (χ1v) is 12.2. The van der Waals surface area contributed by atoms with Crippen LogP contribution in [0.4, 0.5) is 5.69 Å². The summed E-state index contributed by atoms with van der Waals surface area (Å²) in [5, 5.41) is 2.82. The van der Waals surface area contributed by atoms with Crippen molar-refractivity contribution in [3.8, 4) is 5.75 Å². The van der Waals surface area contributed by atoms with E-state index in [0.29, 0.717) is 30.2 Å². The summed E-state index contributed by atoms with van der Waals surface area (Å²) in [5.41, 5.74) is 1.18. The predicted octanol–water partition coefficient (Wildman–Crippen LogP) is 2.94. The molecule has 0 bridgehead atoms. The first kappa shape index (κ1) is 25.1. The van der Waals surface area contributed by atoms with Crippen LogP contribution in [0.25, 0.3) is 0 Å². The maximum atomic E-state index is 13.3. The van der Waals surface area contributed by atoms with Crippen LogP contribution < -0.4 is 10.1 Å². The van der Waals surface area contributed by atoms with Crippen LogP contribution in [-0.4, -0.2) is 84.1 Å². The number of fused-ring (bicyclic) bond motifs is 1. The van der Waals surface area contributed by atoms with Gasteiger partial charge in [-0.25, -0.2) is 4.98 Å². The Morgan fingerprint density at radius 2 is 2.03 bits per heavy atom. The van der Waals surface area contributed by atoms with Crippen LogP contribution in [0.15, 0.2) is 36.8 Å². The third kappa shape index (κ3) is 6.35. The molecule has 188 valence electrons. The smallest absolute Gasteiger partial charge is 0.275 e. The lowest BCUT2D eigenvalue weighted by molar-refractivity contribution is 0.00994. The Hall–Kier alpha value is -3.04. The quantitative estimate of drug-likeness (QED) is 0.701. The molecule has 0 radical (unpaired) electrons. The van der Waals surface area contributed by atoms with Crippen LogP contribution in [-0.2, 0) is 4.74 Å². The fraction of sp³-hybridized carbons (Fsp3) is 0.538. The third-order valence-corrected chi connectivity index (χ3v) is 6.82. The summed E-state index contributed by atoms with van der Waals surface area (Å²) >= 11 is 0. The molecule has 1 N–H and O–H groups in total. The standard InChI is InChI=1S/C26H35N5O4/c1-17-13-31(14-19-5-6-19)18(2)16-35-23-11-20(29-25(32)22-12-27-9-10-28-22)7-8-21(23)26(33)30(3)15-24(17)34-4/h7-12,17-19,24H,5-6,13-16H2,1-4H3,(H,29,32)/t17-,18+,24+/m1/s1. The van der Waals surface area contributed by atoms with Crippen LogP contribution in [0.1, 0.15) is 47.5 Å². The summed E-state index contributed by atoms with van der Waals surface area (Å²) in [6, 6.07) is 5.26. The third-order valence-electron chi connectivity index (χ3n) is 6.82. The molecule has 2 amide bonds. The predicted molar refractivity (Wildman–Crippen MR) is 133 cm³/mol. The first-order valence-electron chi connectivity index (χ1n) is 12.2. The molecule has 2 heterocycles. The number of amides is 2. The van der Waals surface area contributed by atoms with Crippen molar-refractivity contribution in [3.63, 3.8) is 0 Å². The van der Waals surface area contributed by atoms with Crippen molar-refractivity contribution < 1.29 is 19.1 Å². The molecule has 1 aliphatic heterocycles. The zero-order valence-corrected chi connectivity index (χ0v) is 20.9. The zero-order valence-electron chi connectivity index (χ0n) is 20.9. The minimum atomic E-state index is -0.379. The lowest BCUT2D eigenvalue weighted by Gasteiger charge is -2.36. The summed E-state index contributed by atoms with van der Waals surface area (Å²) in [7, 11) is 3.49. The number of hydrogen-bond acceptors (Lipinski definition) is 7. The highest BCUT2D eigenvalue weighted by molar-refractivity contribution is 6.03. The normalized spacial score (nSPS) is 24.1. The van der Waals surface area contributed by atoms with E-state index in [0.717, 1.165) is 19.0 Å². The molecule has 3 atom stereocenters. The highest BCUT2D eigenvalue weighted by Crippen LogP contribution is 2.32. The van der Waals surface area contributed by atoms with Gasteiger partial charge in [0.2, 0.25) is 0 Å². The molecule has 0 unspecified atom stereocenters. The molecule has 35 heavy (non-hydrogen) atoms. The van der Waals surface area contributed by atoms with E-state index in [9.17, 15) is 9.59 Å². The largest absolute Gasteiger partial charge is 0.491 e. The number of carbonyl (C=O) groups excluding carboxylic acids is 2. The molecule has 2 aliphatic rings. The van der Waals surface area contributed by atoms with E-state index in [1.807, 2.05) is 0 Å². The summed E-state index contributed by atoms with van der Waals surface area (Å²) in [6.07, 6.45) is 6.86. The minimum Gasteiger partial charge on any atom is -0.491 e. The van der Waals surface area contributed by atoms with Crippen LogP contribution >= 0.6 is 0 Å². The lowest BCUT2D eigenvalue weighted by Crippen LogP contribution is -2.47. The number of aromatic nitrogens is 2. The van der Waals surface area contributed by atoms with Crippen molar-refractivity contribution in [1.82, 2.24) is 19.8 Å². The van der Waals surface area contributed by atoms with E-state index >= 15 is 0 Å². The second-order valence-corrected chi connectivity index (χ2v) is 9.75. The monoisotopic (exact) mass is 481 g/mol. The topological polar surface area (TPSA) is 96.9 Å². The number of nitrogens with one attached hydrogen (secondary N) is 1. The molecule has 1 aromatic carbocycles. The molecule has 9 heteroatoms. The first-order chi connectivity index (χ1) is 16.9. The maximum Gasteiger partial charge on any atom is 0.275 e. The van der Waals surface area contributed by atoms with Gasteiger partial charge >= 0.3 is 0 Å². The van der Waals surface area contributed by atoms with Crippen molar-refractivity contribution in [2.75, 3.05) is 45.7 Å². The number of likely N-dealkylation sites (N-methyl/N-ethyl adjacent to an activating group) is 1. The van der Waals surface area contributed by atoms with Gasteiger partial charge in [-0.3, -0.25) is 19.5 Å². The number of rotatable bonds is 5. The number of benzene rings is 1. The Morgan fingerprint density at radius 1 is 1.23 bits per heavy atom. The van der Waals surface area contributed by atoms with Gasteiger partial charge in [0.05, 0.1) is 17.9 Å². The van der Waals surface area contributed by atoms with Crippen molar-refractivity contribution in [1.29, 1.82) is 0 Å². The molecule has 1 aliphatic carbocycles. The molecule has 9 nitrogen and oxygen atoms in total. The van der Waals surface area contributed by atoms with Gasteiger partial charge in [0.25, 0.3) is 11.8 Å². The van der Waals surface area contributed by atoms with E-state index in [4.69, 9.17) is 9.47 Å². The molecule has 1 fully saturated rings. The highest BCUT2D eigenvalue weighted by Gasteiger charge is 2.31. The number of carbonyl (C=O) groups is 2. The fourth-order valence-corrected chi connectivity index (χ4v) is 4.42. The molecule has 0 spiro atoms. The van der Waals surface area contributed by atoms with Gasteiger partial charge in [-0.05, 0) is 43.7 Å². The van der Waals surface area contributed by atoms with E-state index in [-0.39, 0.29) is 35.6 Å². The Morgan fingerprint density at radius 3 is 2.71 bits per heavy atom. The van der Waals surface area contributed by atoms with Crippen molar-refractivity contribution in [2.45, 2.75) is 38.8 Å². The second kappa shape index (κ2) is 11.1. The van der Waals surface area contributed by atoms with E-state index in [1.54, 1.807) is 37.3 Å². The van der Waals surface area contributed by atoms with Gasteiger partial charge in [0, 0.05) is 64.0 Å². The van der Waals surface area contributed by atoms with Crippen LogP contribution in [0.5, 0.6) is 5.75 Å². The number of ether oxygens (including phenoxy) is 2. The molecule has 2 aromatic rings. The highest BCUT2D eigenvalue weighted by atomic mass is 16.5. The van der Waals surface area contributed by atoms with Crippen LogP contribution in [0.3, 0.4) is 0 Å².